The van der Waals surface area contributed by atoms with Gasteiger partial charge >= 0.3 is 5.97 Å². The number of hydrogen-bond donors (Lipinski definition) is 2. The van der Waals surface area contributed by atoms with Crippen molar-refractivity contribution in [1.82, 2.24) is 4.90 Å². The zero-order chi connectivity index (χ0) is 16.0. The zero-order valence-corrected chi connectivity index (χ0v) is 12.4. The van der Waals surface area contributed by atoms with Gasteiger partial charge in [-0.25, -0.2) is 4.79 Å². The van der Waals surface area contributed by atoms with Crippen molar-refractivity contribution < 1.29 is 24.5 Å². The number of likely N-dealkylation sites (tertiary alicyclic amines) is 1. The average molecular weight is 307 g/mol. The van der Waals surface area contributed by atoms with Gasteiger partial charge in [0.25, 0.3) is 0 Å². The summed E-state index contributed by atoms with van der Waals surface area (Å²) in [6.45, 7) is 1.02. The Labute approximate surface area is 129 Å². The summed E-state index contributed by atoms with van der Waals surface area (Å²) in [6.07, 6.45) is 1.12. The molecule has 1 aliphatic rings. The third-order valence-electron chi connectivity index (χ3n) is 3.89. The highest BCUT2D eigenvalue weighted by atomic mass is 16.5. The largest absolute Gasteiger partial charge is 0.494 e. The van der Waals surface area contributed by atoms with Crippen LogP contribution >= 0.6 is 0 Å². The molecule has 0 bridgehead atoms. The number of aliphatic hydroxyl groups is 1. The third kappa shape index (κ3) is 4.21. The normalized spacial score (nSPS) is 17.0. The number of amides is 1. The lowest BCUT2D eigenvalue weighted by molar-refractivity contribution is -0.165. The maximum atomic E-state index is 12.0. The monoisotopic (exact) mass is 307 g/mol. The van der Waals surface area contributed by atoms with Crippen LogP contribution in [0, 0.1) is 0 Å². The summed E-state index contributed by atoms with van der Waals surface area (Å²) in [5.74, 6) is -0.459. The lowest BCUT2D eigenvalue weighted by Gasteiger charge is -2.35. The van der Waals surface area contributed by atoms with Crippen LogP contribution < -0.4 is 4.74 Å². The molecule has 1 aliphatic heterocycles. The maximum absolute atomic E-state index is 12.0. The van der Waals surface area contributed by atoms with E-state index in [1.165, 1.54) is 0 Å². The second-order valence-electron chi connectivity index (χ2n) is 5.48. The molecule has 0 aromatic heterocycles. The van der Waals surface area contributed by atoms with Crippen LogP contribution in [0.15, 0.2) is 30.3 Å². The van der Waals surface area contributed by atoms with E-state index in [9.17, 15) is 14.7 Å². The maximum Gasteiger partial charge on any atom is 0.335 e. The van der Waals surface area contributed by atoms with Gasteiger partial charge in [0.2, 0.25) is 5.91 Å². The molecule has 1 aromatic rings. The highest BCUT2D eigenvalue weighted by Crippen LogP contribution is 2.23. The number of para-hydroxylation sites is 1. The predicted octanol–water partition coefficient (Wildman–Crippen LogP) is 1.28. The van der Waals surface area contributed by atoms with E-state index in [4.69, 9.17) is 9.84 Å². The van der Waals surface area contributed by atoms with Gasteiger partial charge in [-0.05, 0) is 18.6 Å². The van der Waals surface area contributed by atoms with E-state index >= 15 is 0 Å². The Hall–Kier alpha value is -2.08. The number of benzene rings is 1. The van der Waals surface area contributed by atoms with Crippen LogP contribution in [0.5, 0.6) is 5.75 Å². The lowest BCUT2D eigenvalue weighted by Crippen LogP contribution is -2.50. The van der Waals surface area contributed by atoms with Crippen LogP contribution in [0.25, 0.3) is 0 Å². The molecule has 2 N–H and O–H groups in total. The number of carboxylic acids is 1. The molecule has 120 valence electrons. The van der Waals surface area contributed by atoms with Crippen LogP contribution in [-0.4, -0.2) is 52.3 Å². The van der Waals surface area contributed by atoms with Crippen molar-refractivity contribution in [2.24, 2.45) is 0 Å². The molecule has 1 amide bonds. The van der Waals surface area contributed by atoms with Crippen molar-refractivity contribution in [2.45, 2.75) is 31.3 Å². The zero-order valence-electron chi connectivity index (χ0n) is 12.4. The highest BCUT2D eigenvalue weighted by Gasteiger charge is 2.40. The number of piperidine rings is 1. The van der Waals surface area contributed by atoms with Crippen LogP contribution in [0.4, 0.5) is 0 Å². The molecule has 0 radical (unpaired) electrons. The smallest absolute Gasteiger partial charge is 0.335 e. The standard InChI is InChI=1S/C16H21NO5/c18-14(7-4-12-22-13-5-2-1-3-6-13)17-10-8-16(21,9-11-17)15(19)20/h1-3,5-6,21H,4,7-12H2,(H,19,20). The average Bonchev–Trinajstić information content (AvgIpc) is 2.53. The molecular formula is C16H21NO5. The number of nitrogens with zero attached hydrogens (tertiary/aromatic N) is 1. The molecule has 0 saturated carbocycles. The summed E-state index contributed by atoms with van der Waals surface area (Å²) in [7, 11) is 0. The molecule has 1 aromatic carbocycles. The number of carbonyl (C=O) groups is 2. The first-order valence-electron chi connectivity index (χ1n) is 7.43. The minimum Gasteiger partial charge on any atom is -0.494 e. The van der Waals surface area contributed by atoms with E-state index in [-0.39, 0.29) is 31.8 Å². The molecular weight excluding hydrogens is 286 g/mol. The van der Waals surface area contributed by atoms with Gasteiger partial charge in [0, 0.05) is 32.4 Å². The van der Waals surface area contributed by atoms with E-state index in [1.807, 2.05) is 30.3 Å². The lowest BCUT2D eigenvalue weighted by atomic mass is 9.91. The van der Waals surface area contributed by atoms with Gasteiger partial charge in [-0.1, -0.05) is 18.2 Å². The van der Waals surface area contributed by atoms with Crippen LogP contribution in [-0.2, 0) is 9.59 Å². The van der Waals surface area contributed by atoms with E-state index < -0.39 is 11.6 Å². The molecule has 2 rings (SSSR count). The topological polar surface area (TPSA) is 87.1 Å². The van der Waals surface area contributed by atoms with Crippen molar-refractivity contribution in [3.05, 3.63) is 30.3 Å². The molecule has 0 aliphatic carbocycles. The van der Waals surface area contributed by atoms with Gasteiger partial charge in [-0.15, -0.1) is 0 Å². The molecule has 1 fully saturated rings. The van der Waals surface area contributed by atoms with E-state index in [0.717, 1.165) is 5.75 Å². The first-order chi connectivity index (χ1) is 10.5. The summed E-state index contributed by atoms with van der Waals surface area (Å²) in [4.78, 5) is 24.6. The van der Waals surface area contributed by atoms with Crippen LogP contribution in [0.2, 0.25) is 0 Å². The van der Waals surface area contributed by atoms with Crippen LogP contribution in [0.3, 0.4) is 0 Å². The molecule has 22 heavy (non-hydrogen) atoms. The van der Waals surface area contributed by atoms with Gasteiger partial charge in [0.05, 0.1) is 6.61 Å². The number of carbonyl (C=O) groups excluding carboxylic acids is 1. The Balaban J connectivity index is 1.67. The third-order valence-corrected chi connectivity index (χ3v) is 3.89. The SMILES string of the molecule is O=C(CCCOc1ccccc1)N1CCC(O)(C(=O)O)CC1. The minimum absolute atomic E-state index is 0.0240. The molecule has 1 saturated heterocycles. The summed E-state index contributed by atoms with van der Waals surface area (Å²) < 4.78 is 5.52. The van der Waals surface area contributed by atoms with Crippen molar-refractivity contribution in [2.75, 3.05) is 19.7 Å². The number of aliphatic carboxylic acids is 1. The quantitative estimate of drug-likeness (QED) is 0.773. The van der Waals surface area contributed by atoms with Crippen molar-refractivity contribution >= 4 is 11.9 Å². The molecule has 0 spiro atoms. The Morgan fingerprint density at radius 2 is 1.82 bits per heavy atom. The molecule has 0 unspecified atom stereocenters. The predicted molar refractivity (Wildman–Crippen MR) is 79.6 cm³/mol. The summed E-state index contributed by atoms with van der Waals surface area (Å²) in [5.41, 5.74) is -1.69. The highest BCUT2D eigenvalue weighted by molar-refractivity contribution is 5.79. The number of hydrogen-bond acceptors (Lipinski definition) is 4. The Kier molecular flexibility index (Phi) is 5.38. The fourth-order valence-corrected chi connectivity index (χ4v) is 2.43. The first-order valence-corrected chi connectivity index (χ1v) is 7.43. The molecule has 6 nitrogen and oxygen atoms in total. The Morgan fingerprint density at radius 1 is 1.18 bits per heavy atom. The summed E-state index contributed by atoms with van der Waals surface area (Å²) >= 11 is 0. The van der Waals surface area contributed by atoms with Gasteiger partial charge < -0.3 is 19.8 Å². The summed E-state index contributed by atoms with van der Waals surface area (Å²) in [5, 5.41) is 18.8. The van der Waals surface area contributed by atoms with Crippen LogP contribution in [0.1, 0.15) is 25.7 Å². The Bertz CT molecular complexity index is 509. The summed E-state index contributed by atoms with van der Waals surface area (Å²) in [6, 6.07) is 9.40. The second kappa shape index (κ2) is 7.26. The Morgan fingerprint density at radius 3 is 2.41 bits per heavy atom. The van der Waals surface area contributed by atoms with Crippen molar-refractivity contribution in [3.63, 3.8) is 0 Å². The number of ether oxygens (including phenoxy) is 1. The van der Waals surface area contributed by atoms with Gasteiger partial charge in [-0.2, -0.15) is 0 Å². The van der Waals surface area contributed by atoms with Gasteiger partial charge in [0.1, 0.15) is 5.75 Å². The van der Waals surface area contributed by atoms with E-state index in [2.05, 4.69) is 0 Å². The first kappa shape index (κ1) is 16.3. The van der Waals surface area contributed by atoms with Crippen molar-refractivity contribution in [3.8, 4) is 5.75 Å². The molecule has 1 heterocycles. The fourth-order valence-electron chi connectivity index (χ4n) is 2.43. The second-order valence-corrected chi connectivity index (χ2v) is 5.48. The van der Waals surface area contributed by atoms with Crippen molar-refractivity contribution in [1.29, 1.82) is 0 Å². The van der Waals surface area contributed by atoms with Gasteiger partial charge in [0.15, 0.2) is 5.60 Å². The molecule has 0 atom stereocenters. The fraction of sp³-hybridized carbons (Fsp3) is 0.500. The number of carboxylic acid groups (broad SMARTS) is 1. The number of rotatable bonds is 6. The minimum atomic E-state index is -1.69. The van der Waals surface area contributed by atoms with Gasteiger partial charge in [-0.3, -0.25) is 4.79 Å². The molecule has 6 heteroatoms. The van der Waals surface area contributed by atoms with E-state index in [0.29, 0.717) is 19.4 Å². The van der Waals surface area contributed by atoms with E-state index in [1.54, 1.807) is 4.90 Å².